The molecule has 1 rings (SSSR count). The Morgan fingerprint density at radius 2 is 2.33 bits per heavy atom. The third-order valence-corrected chi connectivity index (χ3v) is 2.05. The van der Waals surface area contributed by atoms with Crippen molar-refractivity contribution in [3.05, 3.63) is 29.3 Å². The molecule has 4 heteroatoms. The topological polar surface area (TPSA) is 70.3 Å². The number of rotatable bonds is 4. The van der Waals surface area contributed by atoms with Crippen LogP contribution in [-0.2, 0) is 6.42 Å². The Labute approximate surface area is 87.7 Å². The average molecular weight is 205 g/mol. The lowest BCUT2D eigenvalue weighted by Gasteiger charge is -2.06. The first-order valence-corrected chi connectivity index (χ1v) is 4.46. The highest BCUT2D eigenvalue weighted by atomic mass is 16.5. The van der Waals surface area contributed by atoms with Crippen LogP contribution >= 0.6 is 0 Å². The zero-order valence-electron chi connectivity index (χ0n) is 8.36. The van der Waals surface area contributed by atoms with E-state index in [1.807, 2.05) is 6.07 Å². The Kier molecular flexibility index (Phi) is 3.69. The average Bonchev–Trinajstić information content (AvgIpc) is 2.26. The first-order valence-electron chi connectivity index (χ1n) is 4.46. The van der Waals surface area contributed by atoms with E-state index in [4.69, 9.17) is 15.1 Å². The normalized spacial score (nSPS) is 9.33. The van der Waals surface area contributed by atoms with Crippen molar-refractivity contribution in [2.45, 2.75) is 12.8 Å². The molecule has 1 aromatic rings. The fraction of sp³-hybridized carbons (Fsp3) is 0.273. The lowest BCUT2D eigenvalue weighted by atomic mass is 10.0. The lowest BCUT2D eigenvalue weighted by Crippen LogP contribution is -2.03. The van der Waals surface area contributed by atoms with E-state index in [0.29, 0.717) is 24.2 Å². The molecule has 0 aliphatic heterocycles. The van der Waals surface area contributed by atoms with Crippen LogP contribution in [0.5, 0.6) is 5.75 Å². The van der Waals surface area contributed by atoms with Gasteiger partial charge in [-0.15, -0.1) is 0 Å². The molecule has 0 aromatic heterocycles. The van der Waals surface area contributed by atoms with E-state index in [1.165, 1.54) is 13.2 Å². The predicted molar refractivity (Wildman–Crippen MR) is 53.9 cm³/mol. The Morgan fingerprint density at radius 1 is 1.60 bits per heavy atom. The number of methoxy groups -OCH3 is 1. The molecule has 0 unspecified atom stereocenters. The number of carbonyl (C=O) groups is 1. The molecule has 0 bridgehead atoms. The number of benzene rings is 1. The third kappa shape index (κ3) is 2.71. The van der Waals surface area contributed by atoms with E-state index in [-0.39, 0.29) is 5.56 Å². The number of hydrogen-bond acceptors (Lipinski definition) is 3. The van der Waals surface area contributed by atoms with Crippen LogP contribution in [0.1, 0.15) is 22.3 Å². The zero-order valence-corrected chi connectivity index (χ0v) is 8.36. The lowest BCUT2D eigenvalue weighted by molar-refractivity contribution is 0.0695. The predicted octanol–water partition coefficient (Wildman–Crippen LogP) is 1.85. The van der Waals surface area contributed by atoms with Gasteiger partial charge in [-0.2, -0.15) is 5.26 Å². The van der Waals surface area contributed by atoms with Crippen LogP contribution in [0.2, 0.25) is 0 Å². The minimum Gasteiger partial charge on any atom is -0.497 e. The first kappa shape index (κ1) is 11.1. The Morgan fingerprint density at radius 3 is 2.87 bits per heavy atom. The molecule has 0 spiro atoms. The number of aromatic carboxylic acids is 1. The molecule has 78 valence electrons. The Balaban J connectivity index is 3.05. The van der Waals surface area contributed by atoms with Gasteiger partial charge in [0.15, 0.2) is 0 Å². The van der Waals surface area contributed by atoms with Gasteiger partial charge in [-0.25, -0.2) is 4.79 Å². The number of carboxylic acid groups (broad SMARTS) is 1. The summed E-state index contributed by atoms with van der Waals surface area (Å²) in [6.45, 7) is 0. The van der Waals surface area contributed by atoms with Crippen LogP contribution in [0.25, 0.3) is 0 Å². The largest absolute Gasteiger partial charge is 0.497 e. The number of aryl methyl sites for hydroxylation is 1. The van der Waals surface area contributed by atoms with Crippen LogP contribution in [0, 0.1) is 11.3 Å². The molecule has 0 radical (unpaired) electrons. The van der Waals surface area contributed by atoms with Gasteiger partial charge in [0.25, 0.3) is 0 Å². The number of carboxylic acids is 1. The van der Waals surface area contributed by atoms with Gasteiger partial charge in [0, 0.05) is 6.42 Å². The van der Waals surface area contributed by atoms with Crippen LogP contribution in [-0.4, -0.2) is 18.2 Å². The van der Waals surface area contributed by atoms with Crippen molar-refractivity contribution in [1.29, 1.82) is 5.26 Å². The molecule has 0 fully saturated rings. The number of nitrogens with zero attached hydrogens (tertiary/aromatic N) is 1. The van der Waals surface area contributed by atoms with E-state index in [2.05, 4.69) is 0 Å². The smallest absolute Gasteiger partial charge is 0.336 e. The van der Waals surface area contributed by atoms with Gasteiger partial charge in [-0.3, -0.25) is 0 Å². The van der Waals surface area contributed by atoms with E-state index in [1.54, 1.807) is 12.1 Å². The maximum atomic E-state index is 10.9. The summed E-state index contributed by atoms with van der Waals surface area (Å²) in [6.07, 6.45) is 0.759. The molecular formula is C11H11NO3. The molecule has 0 saturated carbocycles. The quantitative estimate of drug-likeness (QED) is 0.814. The maximum absolute atomic E-state index is 10.9. The summed E-state index contributed by atoms with van der Waals surface area (Å²) in [5, 5.41) is 17.4. The molecule has 4 nitrogen and oxygen atoms in total. The van der Waals surface area contributed by atoms with Gasteiger partial charge in [0.05, 0.1) is 18.7 Å². The van der Waals surface area contributed by atoms with Crippen molar-refractivity contribution < 1.29 is 14.6 Å². The molecule has 0 heterocycles. The second-order valence-corrected chi connectivity index (χ2v) is 2.99. The Hall–Kier alpha value is -2.02. The molecule has 0 aliphatic rings. The summed E-state index contributed by atoms with van der Waals surface area (Å²) in [5.74, 6) is -0.491. The van der Waals surface area contributed by atoms with E-state index in [0.717, 1.165) is 0 Å². The van der Waals surface area contributed by atoms with Crippen molar-refractivity contribution in [2.24, 2.45) is 0 Å². The highest BCUT2D eigenvalue weighted by Crippen LogP contribution is 2.18. The fourth-order valence-corrected chi connectivity index (χ4v) is 1.29. The number of hydrogen-bond donors (Lipinski definition) is 1. The van der Waals surface area contributed by atoms with Crippen molar-refractivity contribution in [2.75, 3.05) is 7.11 Å². The second-order valence-electron chi connectivity index (χ2n) is 2.99. The minimum atomic E-state index is -0.998. The van der Waals surface area contributed by atoms with Gasteiger partial charge < -0.3 is 9.84 Å². The molecular weight excluding hydrogens is 194 g/mol. The summed E-state index contributed by atoms with van der Waals surface area (Å²) < 4.78 is 4.94. The highest BCUT2D eigenvalue weighted by Gasteiger charge is 2.10. The molecule has 0 saturated heterocycles. The van der Waals surface area contributed by atoms with Crippen molar-refractivity contribution in [1.82, 2.24) is 0 Å². The summed E-state index contributed by atoms with van der Waals surface area (Å²) in [7, 11) is 1.48. The number of ether oxygens (including phenoxy) is 1. The molecule has 0 aliphatic carbocycles. The van der Waals surface area contributed by atoms with Crippen LogP contribution < -0.4 is 4.74 Å². The fourth-order valence-electron chi connectivity index (χ4n) is 1.29. The van der Waals surface area contributed by atoms with E-state index >= 15 is 0 Å². The SMILES string of the molecule is COc1ccc(CCC#N)c(C(=O)O)c1. The molecule has 15 heavy (non-hydrogen) atoms. The van der Waals surface area contributed by atoms with Crippen LogP contribution in [0.15, 0.2) is 18.2 Å². The maximum Gasteiger partial charge on any atom is 0.336 e. The zero-order chi connectivity index (χ0) is 11.3. The summed E-state index contributed by atoms with van der Waals surface area (Å²) in [6, 6.07) is 6.83. The summed E-state index contributed by atoms with van der Waals surface area (Å²) >= 11 is 0. The van der Waals surface area contributed by atoms with Gasteiger partial charge in [0.1, 0.15) is 5.75 Å². The second kappa shape index (κ2) is 5.01. The summed E-state index contributed by atoms with van der Waals surface area (Å²) in [5.41, 5.74) is 0.856. The van der Waals surface area contributed by atoms with E-state index < -0.39 is 5.97 Å². The molecule has 1 aromatic carbocycles. The van der Waals surface area contributed by atoms with Crippen LogP contribution in [0.4, 0.5) is 0 Å². The third-order valence-electron chi connectivity index (χ3n) is 2.05. The van der Waals surface area contributed by atoms with Crippen molar-refractivity contribution in [3.8, 4) is 11.8 Å². The summed E-state index contributed by atoms with van der Waals surface area (Å²) in [4.78, 5) is 10.9. The highest BCUT2D eigenvalue weighted by molar-refractivity contribution is 5.89. The van der Waals surface area contributed by atoms with Gasteiger partial charge in [-0.05, 0) is 24.1 Å². The van der Waals surface area contributed by atoms with Gasteiger partial charge in [-0.1, -0.05) is 6.07 Å². The Bertz CT molecular complexity index is 407. The number of nitriles is 1. The van der Waals surface area contributed by atoms with Crippen LogP contribution in [0.3, 0.4) is 0 Å². The molecule has 0 amide bonds. The van der Waals surface area contributed by atoms with E-state index in [9.17, 15) is 4.79 Å². The minimum absolute atomic E-state index is 0.199. The van der Waals surface area contributed by atoms with Crippen molar-refractivity contribution in [3.63, 3.8) is 0 Å². The molecule has 1 N–H and O–H groups in total. The van der Waals surface area contributed by atoms with Crippen molar-refractivity contribution >= 4 is 5.97 Å². The molecule has 0 atom stereocenters. The van der Waals surface area contributed by atoms with Gasteiger partial charge >= 0.3 is 5.97 Å². The first-order chi connectivity index (χ1) is 7.19. The van der Waals surface area contributed by atoms with Gasteiger partial charge in [0.2, 0.25) is 0 Å². The standard InChI is InChI=1S/C11H11NO3/c1-15-9-5-4-8(3-2-6-12)10(7-9)11(13)14/h4-5,7H,2-3H2,1H3,(H,13,14). The monoisotopic (exact) mass is 205 g/mol.